The van der Waals surface area contributed by atoms with Crippen molar-refractivity contribution >= 4 is 21.8 Å². The molecule has 2 N–H and O–H groups in total. The number of carbonyl (C=O) groups excluding carboxylic acids is 2. The van der Waals surface area contributed by atoms with Gasteiger partial charge in [0.15, 0.2) is 0 Å². The average Bonchev–Trinajstić information content (AvgIpc) is 2.86. The molecule has 2 amide bonds. The van der Waals surface area contributed by atoms with Gasteiger partial charge in [-0.25, -0.2) is 8.42 Å². The summed E-state index contributed by atoms with van der Waals surface area (Å²) >= 11 is 0. The number of carbonyl (C=O) groups is 2. The fraction of sp³-hybridized carbons (Fsp3) is 0.467. The highest BCUT2D eigenvalue weighted by Crippen LogP contribution is 2.28. The predicted molar refractivity (Wildman–Crippen MR) is 83.1 cm³/mol. The Morgan fingerprint density at radius 2 is 1.86 bits per heavy atom. The second-order valence-electron chi connectivity index (χ2n) is 5.54. The molecule has 0 saturated carbocycles. The SMILES string of the molecule is Cc1ccc(C(=O)NCCC(=O)NS(C)(=O)=O)c2c1CCC2. The van der Waals surface area contributed by atoms with Gasteiger partial charge < -0.3 is 5.32 Å². The molecule has 0 atom stereocenters. The van der Waals surface area contributed by atoms with Crippen LogP contribution in [-0.4, -0.2) is 33.0 Å². The zero-order valence-electron chi connectivity index (χ0n) is 12.7. The van der Waals surface area contributed by atoms with E-state index in [0.29, 0.717) is 5.56 Å². The zero-order chi connectivity index (χ0) is 16.3. The number of fused-ring (bicyclic) bond motifs is 1. The maximum absolute atomic E-state index is 12.2. The van der Waals surface area contributed by atoms with Crippen LogP contribution in [-0.2, 0) is 27.7 Å². The van der Waals surface area contributed by atoms with Gasteiger partial charge in [-0.05, 0) is 48.9 Å². The lowest BCUT2D eigenvalue weighted by Gasteiger charge is -2.11. The molecule has 1 aromatic carbocycles. The van der Waals surface area contributed by atoms with Crippen molar-refractivity contribution in [3.63, 3.8) is 0 Å². The van der Waals surface area contributed by atoms with E-state index in [4.69, 9.17) is 0 Å². The molecular weight excluding hydrogens is 304 g/mol. The van der Waals surface area contributed by atoms with Gasteiger partial charge in [0.1, 0.15) is 0 Å². The van der Waals surface area contributed by atoms with E-state index in [-0.39, 0.29) is 18.9 Å². The van der Waals surface area contributed by atoms with Crippen molar-refractivity contribution in [2.24, 2.45) is 0 Å². The van der Waals surface area contributed by atoms with Crippen molar-refractivity contribution in [3.8, 4) is 0 Å². The predicted octanol–water partition coefficient (Wildman–Crippen LogP) is 0.679. The molecule has 120 valence electrons. The molecular formula is C15H20N2O4S. The van der Waals surface area contributed by atoms with Crippen molar-refractivity contribution in [1.29, 1.82) is 0 Å². The van der Waals surface area contributed by atoms with Crippen LogP contribution in [0.15, 0.2) is 12.1 Å². The van der Waals surface area contributed by atoms with Crippen LogP contribution in [0.2, 0.25) is 0 Å². The van der Waals surface area contributed by atoms with Crippen LogP contribution in [0.25, 0.3) is 0 Å². The van der Waals surface area contributed by atoms with Gasteiger partial charge >= 0.3 is 0 Å². The van der Waals surface area contributed by atoms with E-state index in [9.17, 15) is 18.0 Å². The van der Waals surface area contributed by atoms with Crippen LogP contribution >= 0.6 is 0 Å². The first-order chi connectivity index (χ1) is 10.3. The number of nitrogens with one attached hydrogen (secondary N) is 2. The molecule has 0 radical (unpaired) electrons. The van der Waals surface area contributed by atoms with Crippen molar-refractivity contribution < 1.29 is 18.0 Å². The van der Waals surface area contributed by atoms with Crippen LogP contribution in [0.4, 0.5) is 0 Å². The Morgan fingerprint density at radius 1 is 1.18 bits per heavy atom. The van der Waals surface area contributed by atoms with Crippen molar-refractivity contribution in [2.75, 3.05) is 12.8 Å². The van der Waals surface area contributed by atoms with E-state index >= 15 is 0 Å². The summed E-state index contributed by atoms with van der Waals surface area (Å²) in [5.74, 6) is -0.845. The molecule has 1 aromatic rings. The largest absolute Gasteiger partial charge is 0.352 e. The second-order valence-corrected chi connectivity index (χ2v) is 7.29. The monoisotopic (exact) mass is 324 g/mol. The van der Waals surface area contributed by atoms with Crippen molar-refractivity contribution in [3.05, 3.63) is 34.4 Å². The molecule has 6 nitrogen and oxygen atoms in total. The summed E-state index contributed by atoms with van der Waals surface area (Å²) in [6.07, 6.45) is 3.79. The first kappa shape index (κ1) is 16.5. The van der Waals surface area contributed by atoms with Crippen LogP contribution in [0.3, 0.4) is 0 Å². The third kappa shape index (κ3) is 4.07. The van der Waals surface area contributed by atoms with E-state index in [1.165, 1.54) is 11.1 Å². The smallest absolute Gasteiger partial charge is 0.251 e. The van der Waals surface area contributed by atoms with Gasteiger partial charge in [-0.2, -0.15) is 0 Å². The van der Waals surface area contributed by atoms with Crippen LogP contribution < -0.4 is 10.0 Å². The van der Waals surface area contributed by atoms with Crippen LogP contribution in [0, 0.1) is 6.92 Å². The fourth-order valence-electron chi connectivity index (χ4n) is 2.74. The summed E-state index contributed by atoms with van der Waals surface area (Å²) in [5.41, 5.74) is 4.21. The van der Waals surface area contributed by atoms with E-state index in [2.05, 4.69) is 5.32 Å². The molecule has 0 heterocycles. The van der Waals surface area contributed by atoms with Crippen LogP contribution in [0.5, 0.6) is 0 Å². The lowest BCUT2D eigenvalue weighted by Crippen LogP contribution is -2.33. The molecule has 2 rings (SSSR count). The number of hydrogen-bond acceptors (Lipinski definition) is 4. The minimum absolute atomic E-state index is 0.0765. The number of hydrogen-bond donors (Lipinski definition) is 2. The number of benzene rings is 1. The lowest BCUT2D eigenvalue weighted by molar-refractivity contribution is -0.119. The molecule has 0 unspecified atom stereocenters. The van der Waals surface area contributed by atoms with Crippen LogP contribution in [0.1, 0.15) is 39.9 Å². The number of rotatable bonds is 5. The average molecular weight is 324 g/mol. The summed E-state index contributed by atoms with van der Waals surface area (Å²) in [5, 5.41) is 2.67. The summed E-state index contributed by atoms with van der Waals surface area (Å²) in [6, 6.07) is 3.75. The molecule has 0 saturated heterocycles. The summed E-state index contributed by atoms with van der Waals surface area (Å²) in [6.45, 7) is 2.14. The Labute approximate surface area is 130 Å². The Bertz CT molecular complexity index is 710. The van der Waals surface area contributed by atoms with Crippen molar-refractivity contribution in [2.45, 2.75) is 32.6 Å². The Hall–Kier alpha value is -1.89. The van der Waals surface area contributed by atoms with E-state index < -0.39 is 15.9 Å². The molecule has 0 aromatic heterocycles. The number of aryl methyl sites for hydroxylation is 1. The van der Waals surface area contributed by atoms with Gasteiger partial charge in [0.25, 0.3) is 5.91 Å². The molecule has 7 heteroatoms. The van der Waals surface area contributed by atoms with E-state index in [1.54, 1.807) is 0 Å². The maximum atomic E-state index is 12.2. The van der Waals surface area contributed by atoms with E-state index in [0.717, 1.165) is 31.1 Å². The minimum Gasteiger partial charge on any atom is -0.352 e. The third-order valence-corrected chi connectivity index (χ3v) is 4.30. The van der Waals surface area contributed by atoms with Gasteiger partial charge in [-0.1, -0.05) is 6.07 Å². The summed E-state index contributed by atoms with van der Waals surface area (Å²) in [4.78, 5) is 23.6. The zero-order valence-corrected chi connectivity index (χ0v) is 13.5. The summed E-state index contributed by atoms with van der Waals surface area (Å²) < 4.78 is 23.7. The molecule has 0 spiro atoms. The minimum atomic E-state index is -3.55. The van der Waals surface area contributed by atoms with Gasteiger partial charge in [0, 0.05) is 18.5 Å². The normalized spacial score (nSPS) is 13.5. The summed E-state index contributed by atoms with van der Waals surface area (Å²) in [7, 11) is -3.55. The molecule has 22 heavy (non-hydrogen) atoms. The van der Waals surface area contributed by atoms with Gasteiger partial charge in [0.05, 0.1) is 6.26 Å². The highest BCUT2D eigenvalue weighted by atomic mass is 32.2. The number of amides is 2. The second kappa shape index (κ2) is 6.48. The Kier molecular flexibility index (Phi) is 4.85. The molecule has 1 aliphatic carbocycles. The topological polar surface area (TPSA) is 92.3 Å². The molecule has 0 bridgehead atoms. The highest BCUT2D eigenvalue weighted by Gasteiger charge is 2.20. The fourth-order valence-corrected chi connectivity index (χ4v) is 3.26. The van der Waals surface area contributed by atoms with Gasteiger partial charge in [0.2, 0.25) is 15.9 Å². The van der Waals surface area contributed by atoms with Crippen molar-refractivity contribution in [1.82, 2.24) is 10.0 Å². The molecule has 1 aliphatic rings. The first-order valence-electron chi connectivity index (χ1n) is 7.18. The molecule has 0 aliphatic heterocycles. The lowest BCUT2D eigenvalue weighted by atomic mass is 9.98. The highest BCUT2D eigenvalue weighted by molar-refractivity contribution is 7.89. The first-order valence-corrected chi connectivity index (χ1v) is 9.07. The molecule has 0 fully saturated rings. The Morgan fingerprint density at radius 3 is 2.55 bits per heavy atom. The standard InChI is InChI=1S/C15H20N2O4S/c1-10-6-7-13(12-5-3-4-11(10)12)15(19)16-9-8-14(18)17-22(2,20)21/h6-7H,3-5,8-9H2,1-2H3,(H,16,19)(H,17,18). The van der Waals surface area contributed by atoms with E-state index in [1.807, 2.05) is 23.8 Å². The maximum Gasteiger partial charge on any atom is 0.251 e. The Balaban J connectivity index is 1.94. The quantitative estimate of drug-likeness (QED) is 0.833. The van der Waals surface area contributed by atoms with Gasteiger partial charge in [-0.3, -0.25) is 14.3 Å². The third-order valence-electron chi connectivity index (χ3n) is 3.70. The number of sulfonamides is 1. The van der Waals surface area contributed by atoms with Gasteiger partial charge in [-0.15, -0.1) is 0 Å².